The first-order valence-electron chi connectivity index (χ1n) is 6.62. The zero-order chi connectivity index (χ0) is 14.9. The van der Waals surface area contributed by atoms with Gasteiger partial charge in [-0.1, -0.05) is 19.9 Å². The number of aliphatic carboxylic acids is 1. The van der Waals surface area contributed by atoms with Crippen molar-refractivity contribution < 1.29 is 14.7 Å². The molecular formula is C16H19NO3. The summed E-state index contributed by atoms with van der Waals surface area (Å²) in [7, 11) is 0. The lowest BCUT2D eigenvalue weighted by Gasteiger charge is -2.08. The molecule has 1 amide bonds. The van der Waals surface area contributed by atoms with Crippen molar-refractivity contribution in [1.29, 1.82) is 0 Å². The van der Waals surface area contributed by atoms with Crippen molar-refractivity contribution in [3.63, 3.8) is 0 Å². The van der Waals surface area contributed by atoms with E-state index in [4.69, 9.17) is 5.11 Å². The fourth-order valence-corrected chi connectivity index (χ4v) is 2.12. The molecule has 1 fully saturated rings. The molecule has 4 nitrogen and oxygen atoms in total. The molecule has 1 saturated carbocycles. The Bertz CT molecular complexity index is 587. The average Bonchev–Trinajstić information content (AvgIpc) is 2.94. The lowest BCUT2D eigenvalue weighted by atomic mass is 10.0. The van der Waals surface area contributed by atoms with Crippen LogP contribution in [0, 0.1) is 12.3 Å². The largest absolute Gasteiger partial charge is 0.478 e. The van der Waals surface area contributed by atoms with Gasteiger partial charge >= 0.3 is 5.97 Å². The van der Waals surface area contributed by atoms with Gasteiger partial charge in [-0.25, -0.2) is 4.79 Å². The van der Waals surface area contributed by atoms with E-state index >= 15 is 0 Å². The second-order valence-corrected chi connectivity index (χ2v) is 5.96. The molecule has 1 aromatic rings. The Morgan fingerprint density at radius 3 is 2.55 bits per heavy atom. The molecule has 0 aromatic heterocycles. The number of rotatable bonds is 4. The van der Waals surface area contributed by atoms with Crippen LogP contribution < -0.4 is 5.32 Å². The number of hydrogen-bond donors (Lipinski definition) is 2. The number of carboxylic acids is 1. The van der Waals surface area contributed by atoms with Crippen molar-refractivity contribution in [2.45, 2.75) is 33.2 Å². The maximum absolute atomic E-state index is 12.1. The van der Waals surface area contributed by atoms with Crippen LogP contribution in [0.1, 0.15) is 41.8 Å². The number of benzene rings is 1. The molecule has 2 rings (SSSR count). The molecule has 0 bridgehead atoms. The fraction of sp³-hybridized carbons (Fsp3) is 0.375. The number of aryl methyl sites for hydroxylation is 1. The Morgan fingerprint density at radius 2 is 2.05 bits per heavy atom. The van der Waals surface area contributed by atoms with E-state index in [-0.39, 0.29) is 17.4 Å². The highest BCUT2D eigenvalue weighted by Crippen LogP contribution is 2.44. The van der Waals surface area contributed by atoms with E-state index in [1.54, 1.807) is 18.2 Å². The number of carbonyl (C=O) groups is 2. The zero-order valence-corrected chi connectivity index (χ0v) is 11.9. The van der Waals surface area contributed by atoms with E-state index in [9.17, 15) is 9.59 Å². The number of hydrogen-bond acceptors (Lipinski definition) is 2. The van der Waals surface area contributed by atoms with E-state index in [1.807, 2.05) is 6.92 Å². The minimum atomic E-state index is -0.984. The molecule has 2 N–H and O–H groups in total. The van der Waals surface area contributed by atoms with E-state index in [2.05, 4.69) is 19.2 Å². The van der Waals surface area contributed by atoms with Crippen LogP contribution in [-0.2, 0) is 4.79 Å². The Kier molecular flexibility index (Phi) is 3.66. The van der Waals surface area contributed by atoms with Gasteiger partial charge in [-0.3, -0.25) is 4.79 Å². The fourth-order valence-electron chi connectivity index (χ4n) is 2.12. The second kappa shape index (κ2) is 5.12. The SMILES string of the molecule is Cc1cc(C(=O)NC2CC2(C)C)ccc1/C=C/C(=O)O. The van der Waals surface area contributed by atoms with Gasteiger partial charge in [-0.15, -0.1) is 0 Å². The minimum absolute atomic E-state index is 0.0718. The molecule has 20 heavy (non-hydrogen) atoms. The van der Waals surface area contributed by atoms with Gasteiger partial charge in [0, 0.05) is 17.7 Å². The molecule has 0 saturated heterocycles. The normalized spacial score (nSPS) is 19.9. The molecular weight excluding hydrogens is 254 g/mol. The molecule has 4 heteroatoms. The zero-order valence-electron chi connectivity index (χ0n) is 11.9. The van der Waals surface area contributed by atoms with Crippen LogP contribution >= 0.6 is 0 Å². The number of carbonyl (C=O) groups excluding carboxylic acids is 1. The van der Waals surface area contributed by atoms with Crippen LogP contribution in [0.15, 0.2) is 24.3 Å². The number of amides is 1. The van der Waals surface area contributed by atoms with Crippen molar-refractivity contribution in [3.8, 4) is 0 Å². The molecule has 1 unspecified atom stereocenters. The van der Waals surface area contributed by atoms with Crippen molar-refractivity contribution in [1.82, 2.24) is 5.32 Å². The van der Waals surface area contributed by atoms with Crippen LogP contribution in [0.5, 0.6) is 0 Å². The lowest BCUT2D eigenvalue weighted by Crippen LogP contribution is -2.28. The van der Waals surface area contributed by atoms with Crippen LogP contribution in [-0.4, -0.2) is 23.0 Å². The third-order valence-corrected chi connectivity index (χ3v) is 3.76. The molecule has 1 aliphatic rings. The molecule has 0 aliphatic heterocycles. The van der Waals surface area contributed by atoms with E-state index in [0.717, 1.165) is 23.6 Å². The maximum atomic E-state index is 12.1. The number of carboxylic acid groups (broad SMARTS) is 1. The molecule has 0 heterocycles. The number of nitrogens with one attached hydrogen (secondary N) is 1. The van der Waals surface area contributed by atoms with Gasteiger partial charge in [0.1, 0.15) is 0 Å². The Hall–Kier alpha value is -2.10. The van der Waals surface area contributed by atoms with E-state index < -0.39 is 5.97 Å². The van der Waals surface area contributed by atoms with Gasteiger partial charge in [0.2, 0.25) is 0 Å². The first-order chi connectivity index (χ1) is 9.29. The van der Waals surface area contributed by atoms with Gasteiger partial charge in [-0.2, -0.15) is 0 Å². The standard InChI is InChI=1S/C16H19NO3/c1-10-8-12(5-4-11(10)6-7-14(18)19)15(20)17-13-9-16(13,2)3/h4-8,13H,9H2,1-3H3,(H,17,20)(H,18,19)/b7-6+. The Balaban J connectivity index is 2.08. The summed E-state index contributed by atoms with van der Waals surface area (Å²) in [6.45, 7) is 6.12. The summed E-state index contributed by atoms with van der Waals surface area (Å²) in [6, 6.07) is 5.52. The molecule has 0 radical (unpaired) electrons. The summed E-state index contributed by atoms with van der Waals surface area (Å²) in [6.07, 6.45) is 3.63. The molecule has 1 aromatic carbocycles. The Labute approximate surface area is 118 Å². The lowest BCUT2D eigenvalue weighted by molar-refractivity contribution is -0.131. The van der Waals surface area contributed by atoms with Crippen LogP contribution in [0.4, 0.5) is 0 Å². The molecule has 0 spiro atoms. The van der Waals surface area contributed by atoms with Crippen molar-refractivity contribution in [2.24, 2.45) is 5.41 Å². The van der Waals surface area contributed by atoms with Gasteiger partial charge in [0.05, 0.1) is 0 Å². The predicted molar refractivity (Wildman–Crippen MR) is 77.5 cm³/mol. The summed E-state index contributed by atoms with van der Waals surface area (Å²) >= 11 is 0. The third-order valence-electron chi connectivity index (χ3n) is 3.76. The van der Waals surface area contributed by atoms with Gasteiger partial charge < -0.3 is 10.4 Å². The summed E-state index contributed by atoms with van der Waals surface area (Å²) < 4.78 is 0. The monoisotopic (exact) mass is 273 g/mol. The van der Waals surface area contributed by atoms with Crippen LogP contribution in [0.3, 0.4) is 0 Å². The quantitative estimate of drug-likeness (QED) is 0.829. The average molecular weight is 273 g/mol. The van der Waals surface area contributed by atoms with Gasteiger partial charge in [0.15, 0.2) is 0 Å². The van der Waals surface area contributed by atoms with Gasteiger partial charge in [0.25, 0.3) is 5.91 Å². The van der Waals surface area contributed by atoms with E-state index in [0.29, 0.717) is 5.56 Å². The smallest absolute Gasteiger partial charge is 0.328 e. The predicted octanol–water partition coefficient (Wildman–Crippen LogP) is 2.62. The molecule has 106 valence electrons. The van der Waals surface area contributed by atoms with Crippen LogP contribution in [0.2, 0.25) is 0 Å². The van der Waals surface area contributed by atoms with Crippen molar-refractivity contribution >= 4 is 18.0 Å². The molecule has 1 atom stereocenters. The first kappa shape index (κ1) is 14.3. The van der Waals surface area contributed by atoms with Crippen molar-refractivity contribution in [2.75, 3.05) is 0 Å². The van der Waals surface area contributed by atoms with Gasteiger partial charge in [-0.05, 0) is 48.1 Å². The summed E-state index contributed by atoms with van der Waals surface area (Å²) in [5.41, 5.74) is 2.49. The van der Waals surface area contributed by atoms with Crippen LogP contribution in [0.25, 0.3) is 6.08 Å². The Morgan fingerprint density at radius 1 is 1.40 bits per heavy atom. The highest BCUT2D eigenvalue weighted by molar-refractivity contribution is 5.95. The third kappa shape index (κ3) is 3.26. The maximum Gasteiger partial charge on any atom is 0.328 e. The second-order valence-electron chi connectivity index (χ2n) is 5.96. The minimum Gasteiger partial charge on any atom is -0.478 e. The highest BCUT2D eigenvalue weighted by Gasteiger charge is 2.46. The van der Waals surface area contributed by atoms with E-state index in [1.165, 1.54) is 6.08 Å². The van der Waals surface area contributed by atoms with Crippen molar-refractivity contribution in [3.05, 3.63) is 41.0 Å². The molecule has 1 aliphatic carbocycles. The summed E-state index contributed by atoms with van der Waals surface area (Å²) in [5, 5.41) is 11.6. The topological polar surface area (TPSA) is 66.4 Å². The first-order valence-corrected chi connectivity index (χ1v) is 6.62. The summed E-state index contributed by atoms with van der Waals surface area (Å²) in [4.78, 5) is 22.6. The summed E-state index contributed by atoms with van der Waals surface area (Å²) in [5.74, 6) is -1.06. The highest BCUT2D eigenvalue weighted by atomic mass is 16.4.